The highest BCUT2D eigenvalue weighted by molar-refractivity contribution is 5.77. The summed E-state index contributed by atoms with van der Waals surface area (Å²) >= 11 is 0. The first-order chi connectivity index (χ1) is 10.2. The molecule has 2 aliphatic heterocycles. The van der Waals surface area contributed by atoms with Gasteiger partial charge >= 0.3 is 0 Å². The smallest absolute Gasteiger partial charge is 0.220 e. The molecule has 4 heteroatoms. The third-order valence-corrected chi connectivity index (χ3v) is 4.73. The van der Waals surface area contributed by atoms with Gasteiger partial charge in [0.1, 0.15) is 12.4 Å². The van der Waals surface area contributed by atoms with Crippen LogP contribution in [0.2, 0.25) is 0 Å². The Morgan fingerprint density at radius 2 is 2.14 bits per heavy atom. The molecule has 0 spiro atoms. The van der Waals surface area contributed by atoms with Gasteiger partial charge in [0.05, 0.1) is 6.04 Å². The minimum atomic E-state index is 0.00826. The van der Waals surface area contributed by atoms with Gasteiger partial charge in [-0.3, -0.25) is 4.79 Å². The van der Waals surface area contributed by atoms with Gasteiger partial charge in [-0.2, -0.15) is 0 Å². The van der Waals surface area contributed by atoms with Crippen LogP contribution in [-0.2, 0) is 4.79 Å². The predicted molar refractivity (Wildman–Crippen MR) is 82.2 cm³/mol. The monoisotopic (exact) mass is 288 g/mol. The largest absolute Gasteiger partial charge is 0.491 e. The molecule has 2 atom stereocenters. The van der Waals surface area contributed by atoms with E-state index in [2.05, 4.69) is 17.6 Å². The first kappa shape index (κ1) is 14.4. The van der Waals surface area contributed by atoms with E-state index in [-0.39, 0.29) is 11.9 Å². The zero-order chi connectivity index (χ0) is 14.7. The third-order valence-electron chi connectivity index (χ3n) is 4.73. The molecule has 2 heterocycles. The maximum absolute atomic E-state index is 12.3. The van der Waals surface area contributed by atoms with Gasteiger partial charge in [-0.25, -0.2) is 0 Å². The van der Waals surface area contributed by atoms with Gasteiger partial charge in [-0.05, 0) is 43.8 Å². The molecule has 0 aliphatic carbocycles. The topological polar surface area (TPSA) is 50.4 Å². The number of ether oxygens (including phenoxy) is 1. The summed E-state index contributed by atoms with van der Waals surface area (Å²) in [7, 11) is 0. The number of para-hydroxylation sites is 1. The number of hydrogen-bond donors (Lipinski definition) is 2. The van der Waals surface area contributed by atoms with Crippen LogP contribution in [0.1, 0.15) is 37.8 Å². The lowest BCUT2D eigenvalue weighted by Gasteiger charge is -2.28. The maximum Gasteiger partial charge on any atom is 0.220 e. The van der Waals surface area contributed by atoms with Crippen molar-refractivity contribution in [2.24, 2.45) is 11.8 Å². The van der Waals surface area contributed by atoms with Crippen LogP contribution in [-0.4, -0.2) is 25.6 Å². The average Bonchev–Trinajstić information content (AvgIpc) is 2.91. The lowest BCUT2D eigenvalue weighted by Crippen LogP contribution is -2.35. The Kier molecular flexibility index (Phi) is 4.44. The molecule has 114 valence electrons. The van der Waals surface area contributed by atoms with Gasteiger partial charge in [0.2, 0.25) is 5.91 Å². The predicted octanol–water partition coefficient (Wildman–Crippen LogP) is 2.26. The Labute approximate surface area is 126 Å². The second-order valence-corrected chi connectivity index (χ2v) is 6.24. The SMILES string of the molecule is CC(CC(=O)NC1COc2ccccc21)C1CCNCC1. The molecule has 2 unspecified atom stereocenters. The van der Waals surface area contributed by atoms with E-state index in [4.69, 9.17) is 4.74 Å². The third kappa shape index (κ3) is 3.38. The zero-order valence-corrected chi connectivity index (χ0v) is 12.6. The van der Waals surface area contributed by atoms with Crippen molar-refractivity contribution in [3.8, 4) is 5.75 Å². The van der Waals surface area contributed by atoms with E-state index in [1.54, 1.807) is 0 Å². The van der Waals surface area contributed by atoms with Gasteiger partial charge in [-0.1, -0.05) is 25.1 Å². The summed E-state index contributed by atoms with van der Waals surface area (Å²) in [4.78, 5) is 12.3. The molecule has 1 fully saturated rings. The lowest BCUT2D eigenvalue weighted by atomic mass is 9.84. The molecule has 0 radical (unpaired) electrons. The molecule has 1 aromatic rings. The fourth-order valence-corrected chi connectivity index (χ4v) is 3.41. The molecular weight excluding hydrogens is 264 g/mol. The maximum atomic E-state index is 12.3. The molecule has 1 saturated heterocycles. The van der Waals surface area contributed by atoms with E-state index in [0.29, 0.717) is 24.9 Å². The summed E-state index contributed by atoms with van der Waals surface area (Å²) in [5.41, 5.74) is 1.10. The van der Waals surface area contributed by atoms with E-state index in [9.17, 15) is 4.79 Å². The van der Waals surface area contributed by atoms with Gasteiger partial charge in [-0.15, -0.1) is 0 Å². The number of carbonyl (C=O) groups is 1. The Hall–Kier alpha value is -1.55. The number of hydrogen-bond acceptors (Lipinski definition) is 3. The Morgan fingerprint density at radius 1 is 1.38 bits per heavy atom. The fraction of sp³-hybridized carbons (Fsp3) is 0.588. The Bertz CT molecular complexity index is 497. The summed E-state index contributed by atoms with van der Waals surface area (Å²) in [6.45, 7) is 4.92. The minimum absolute atomic E-state index is 0.00826. The number of carbonyl (C=O) groups excluding carboxylic acids is 1. The molecule has 21 heavy (non-hydrogen) atoms. The Balaban J connectivity index is 1.53. The van der Waals surface area contributed by atoms with Crippen molar-refractivity contribution < 1.29 is 9.53 Å². The van der Waals surface area contributed by atoms with Crippen molar-refractivity contribution in [2.75, 3.05) is 19.7 Å². The molecule has 1 amide bonds. The van der Waals surface area contributed by atoms with E-state index in [0.717, 1.165) is 24.4 Å². The van der Waals surface area contributed by atoms with E-state index in [1.165, 1.54) is 12.8 Å². The van der Waals surface area contributed by atoms with E-state index in [1.807, 2.05) is 24.3 Å². The molecule has 3 rings (SSSR count). The molecular formula is C17H24N2O2. The number of amides is 1. The normalized spacial score (nSPS) is 23.2. The van der Waals surface area contributed by atoms with E-state index >= 15 is 0 Å². The van der Waals surface area contributed by atoms with Crippen LogP contribution in [0.4, 0.5) is 0 Å². The summed E-state index contributed by atoms with van der Waals surface area (Å²) in [6.07, 6.45) is 2.98. The minimum Gasteiger partial charge on any atom is -0.491 e. The highest BCUT2D eigenvalue weighted by Gasteiger charge is 2.27. The van der Waals surface area contributed by atoms with Crippen molar-refractivity contribution in [1.82, 2.24) is 10.6 Å². The van der Waals surface area contributed by atoms with Crippen LogP contribution in [0.15, 0.2) is 24.3 Å². The molecule has 0 aromatic heterocycles. The number of fused-ring (bicyclic) bond motifs is 1. The first-order valence-electron chi connectivity index (χ1n) is 7.96. The van der Waals surface area contributed by atoms with Crippen LogP contribution in [0, 0.1) is 11.8 Å². The van der Waals surface area contributed by atoms with Crippen molar-refractivity contribution in [3.05, 3.63) is 29.8 Å². The van der Waals surface area contributed by atoms with Crippen molar-refractivity contribution in [3.63, 3.8) is 0 Å². The van der Waals surface area contributed by atoms with Gasteiger partial charge in [0, 0.05) is 12.0 Å². The molecule has 0 bridgehead atoms. The van der Waals surface area contributed by atoms with Gasteiger partial charge in [0.15, 0.2) is 0 Å². The van der Waals surface area contributed by atoms with Crippen molar-refractivity contribution in [1.29, 1.82) is 0 Å². The van der Waals surface area contributed by atoms with Crippen LogP contribution in [0.25, 0.3) is 0 Å². The summed E-state index contributed by atoms with van der Waals surface area (Å²) in [5.74, 6) is 2.16. The number of piperidine rings is 1. The quantitative estimate of drug-likeness (QED) is 0.893. The Morgan fingerprint density at radius 3 is 2.95 bits per heavy atom. The van der Waals surface area contributed by atoms with Crippen LogP contribution in [0.3, 0.4) is 0 Å². The standard InChI is InChI=1S/C17H24N2O2/c1-12(13-6-8-18-9-7-13)10-17(20)19-15-11-21-16-5-3-2-4-14(15)16/h2-5,12-13,15,18H,6-11H2,1H3,(H,19,20). The second kappa shape index (κ2) is 6.48. The first-order valence-corrected chi connectivity index (χ1v) is 7.96. The summed E-state index contributed by atoms with van der Waals surface area (Å²) in [6, 6.07) is 7.95. The molecule has 2 N–H and O–H groups in total. The van der Waals surface area contributed by atoms with Crippen LogP contribution < -0.4 is 15.4 Å². The molecule has 2 aliphatic rings. The van der Waals surface area contributed by atoms with Gasteiger partial charge < -0.3 is 15.4 Å². The number of rotatable bonds is 4. The number of nitrogens with one attached hydrogen (secondary N) is 2. The highest BCUT2D eigenvalue weighted by Crippen LogP contribution is 2.32. The van der Waals surface area contributed by atoms with E-state index < -0.39 is 0 Å². The molecule has 1 aromatic carbocycles. The van der Waals surface area contributed by atoms with Crippen molar-refractivity contribution >= 4 is 5.91 Å². The fourth-order valence-electron chi connectivity index (χ4n) is 3.41. The highest BCUT2D eigenvalue weighted by atomic mass is 16.5. The molecule has 0 saturated carbocycles. The average molecular weight is 288 g/mol. The van der Waals surface area contributed by atoms with Gasteiger partial charge in [0.25, 0.3) is 0 Å². The lowest BCUT2D eigenvalue weighted by molar-refractivity contribution is -0.123. The molecule has 4 nitrogen and oxygen atoms in total. The van der Waals surface area contributed by atoms with Crippen LogP contribution in [0.5, 0.6) is 5.75 Å². The number of benzene rings is 1. The summed E-state index contributed by atoms with van der Waals surface area (Å²) < 4.78 is 5.61. The van der Waals surface area contributed by atoms with Crippen molar-refractivity contribution in [2.45, 2.75) is 32.2 Å². The zero-order valence-electron chi connectivity index (χ0n) is 12.6. The summed E-state index contributed by atoms with van der Waals surface area (Å²) in [5, 5.41) is 6.50. The van der Waals surface area contributed by atoms with Crippen LogP contribution >= 0.6 is 0 Å². The second-order valence-electron chi connectivity index (χ2n) is 6.24.